The number of aromatic nitrogens is 1. The van der Waals surface area contributed by atoms with Crippen LogP contribution in [0.2, 0.25) is 0 Å². The minimum atomic E-state index is -0.892. The Kier molecular flexibility index (Phi) is 5.27. The van der Waals surface area contributed by atoms with Crippen molar-refractivity contribution in [2.45, 2.75) is 26.7 Å². The van der Waals surface area contributed by atoms with Crippen molar-refractivity contribution in [1.29, 1.82) is 0 Å². The van der Waals surface area contributed by atoms with Crippen LogP contribution in [0.15, 0.2) is 30.3 Å². The van der Waals surface area contributed by atoms with E-state index in [1.807, 2.05) is 37.3 Å². The first-order chi connectivity index (χ1) is 10.5. The van der Waals surface area contributed by atoms with Crippen molar-refractivity contribution < 1.29 is 14.7 Å². The van der Waals surface area contributed by atoms with Crippen molar-refractivity contribution in [1.82, 2.24) is 4.98 Å². The minimum Gasteiger partial charge on any atom is -0.481 e. The third kappa shape index (κ3) is 4.39. The molecule has 116 valence electrons. The van der Waals surface area contributed by atoms with Crippen molar-refractivity contribution >= 4 is 28.3 Å². The predicted molar refractivity (Wildman–Crippen MR) is 87.0 cm³/mol. The number of thiazole rings is 1. The predicted octanol–water partition coefficient (Wildman–Crippen LogP) is 3.56. The van der Waals surface area contributed by atoms with Crippen molar-refractivity contribution in [3.05, 3.63) is 35.2 Å². The van der Waals surface area contributed by atoms with Gasteiger partial charge < -0.3 is 10.4 Å². The van der Waals surface area contributed by atoms with Gasteiger partial charge in [0.15, 0.2) is 5.13 Å². The molecule has 0 fully saturated rings. The quantitative estimate of drug-likeness (QED) is 0.853. The van der Waals surface area contributed by atoms with E-state index < -0.39 is 5.97 Å². The first-order valence-electron chi connectivity index (χ1n) is 7.00. The molecule has 1 aromatic carbocycles. The summed E-state index contributed by atoms with van der Waals surface area (Å²) in [7, 11) is 0. The van der Waals surface area contributed by atoms with Gasteiger partial charge in [-0.2, -0.15) is 0 Å². The molecule has 0 radical (unpaired) electrons. The third-order valence-corrected chi connectivity index (χ3v) is 4.03. The summed E-state index contributed by atoms with van der Waals surface area (Å²) in [5.41, 5.74) is 1.87. The number of carbonyl (C=O) groups excluding carboxylic acids is 1. The highest BCUT2D eigenvalue weighted by atomic mass is 32.1. The van der Waals surface area contributed by atoms with Crippen LogP contribution in [0, 0.1) is 12.8 Å². The summed E-state index contributed by atoms with van der Waals surface area (Å²) in [6, 6.07) is 9.78. The zero-order valence-corrected chi connectivity index (χ0v) is 13.3. The van der Waals surface area contributed by atoms with Gasteiger partial charge in [0.05, 0.1) is 5.69 Å². The molecule has 1 atom stereocenters. The standard InChI is InChI=1S/C16H18N2O3S/c1-10(9-14(20)21)8-13(19)17-16-18-15(11(2)22-16)12-6-4-3-5-7-12/h3-7,10H,8-9H2,1-2H3,(H,20,21)(H,17,18,19). The third-order valence-electron chi connectivity index (χ3n) is 3.15. The fourth-order valence-electron chi connectivity index (χ4n) is 2.17. The van der Waals surface area contributed by atoms with Crippen molar-refractivity contribution in [3.8, 4) is 11.3 Å². The number of rotatable bonds is 6. The molecule has 1 amide bonds. The number of hydrogen-bond donors (Lipinski definition) is 2. The van der Waals surface area contributed by atoms with Gasteiger partial charge in [-0.05, 0) is 12.8 Å². The molecule has 22 heavy (non-hydrogen) atoms. The van der Waals surface area contributed by atoms with Gasteiger partial charge in [0.1, 0.15) is 0 Å². The van der Waals surface area contributed by atoms with Crippen LogP contribution in [0.3, 0.4) is 0 Å². The lowest BCUT2D eigenvalue weighted by Crippen LogP contribution is -2.16. The van der Waals surface area contributed by atoms with E-state index in [-0.39, 0.29) is 24.7 Å². The number of aliphatic carboxylic acids is 1. The van der Waals surface area contributed by atoms with E-state index >= 15 is 0 Å². The van der Waals surface area contributed by atoms with E-state index in [1.54, 1.807) is 6.92 Å². The van der Waals surface area contributed by atoms with Gasteiger partial charge in [-0.3, -0.25) is 9.59 Å². The molecular weight excluding hydrogens is 300 g/mol. The summed E-state index contributed by atoms with van der Waals surface area (Å²) < 4.78 is 0. The molecule has 5 nitrogen and oxygen atoms in total. The molecule has 1 aromatic heterocycles. The number of anilines is 1. The summed E-state index contributed by atoms with van der Waals surface area (Å²) in [6.07, 6.45) is 0.158. The van der Waals surface area contributed by atoms with Gasteiger partial charge in [-0.15, -0.1) is 11.3 Å². The van der Waals surface area contributed by atoms with Crippen molar-refractivity contribution in [2.24, 2.45) is 5.92 Å². The average Bonchev–Trinajstić information content (AvgIpc) is 2.79. The Balaban J connectivity index is 2.02. The number of carbonyl (C=O) groups is 2. The topological polar surface area (TPSA) is 79.3 Å². The fraction of sp³-hybridized carbons (Fsp3) is 0.312. The van der Waals surface area contributed by atoms with Gasteiger partial charge in [-0.25, -0.2) is 4.98 Å². The van der Waals surface area contributed by atoms with Crippen LogP contribution in [0.5, 0.6) is 0 Å². The lowest BCUT2D eigenvalue weighted by atomic mass is 10.0. The van der Waals surface area contributed by atoms with Crippen LogP contribution in [0.1, 0.15) is 24.6 Å². The maximum atomic E-state index is 11.9. The Morgan fingerprint density at radius 3 is 2.59 bits per heavy atom. The van der Waals surface area contributed by atoms with Gasteiger partial charge in [0.2, 0.25) is 5.91 Å². The minimum absolute atomic E-state index is 0.0143. The molecular formula is C16H18N2O3S. The maximum absolute atomic E-state index is 11.9. The van der Waals surface area contributed by atoms with Crippen molar-refractivity contribution in [3.63, 3.8) is 0 Å². The maximum Gasteiger partial charge on any atom is 0.303 e. The Hall–Kier alpha value is -2.21. The Labute approximate surface area is 133 Å². The van der Waals surface area contributed by atoms with E-state index in [0.717, 1.165) is 16.1 Å². The molecule has 1 heterocycles. The molecule has 2 aromatic rings. The summed E-state index contributed by atoms with van der Waals surface area (Å²) in [6.45, 7) is 3.71. The molecule has 0 aliphatic heterocycles. The van der Waals surface area contributed by atoms with Crippen LogP contribution >= 0.6 is 11.3 Å². The molecule has 2 rings (SSSR count). The second kappa shape index (κ2) is 7.17. The molecule has 0 bridgehead atoms. The van der Waals surface area contributed by atoms with Gasteiger partial charge in [-0.1, -0.05) is 37.3 Å². The second-order valence-electron chi connectivity index (χ2n) is 5.25. The fourth-order valence-corrected chi connectivity index (χ4v) is 3.02. The smallest absolute Gasteiger partial charge is 0.303 e. The van der Waals surface area contributed by atoms with Crippen LogP contribution in [-0.4, -0.2) is 22.0 Å². The summed E-state index contributed by atoms with van der Waals surface area (Å²) in [4.78, 5) is 28.0. The lowest BCUT2D eigenvalue weighted by Gasteiger charge is -2.07. The number of nitrogens with zero attached hydrogens (tertiary/aromatic N) is 1. The van der Waals surface area contributed by atoms with Crippen LogP contribution in [0.4, 0.5) is 5.13 Å². The Morgan fingerprint density at radius 2 is 1.95 bits per heavy atom. The molecule has 0 aliphatic carbocycles. The summed E-state index contributed by atoms with van der Waals surface area (Å²) in [5, 5.41) is 12.0. The van der Waals surface area contributed by atoms with Crippen LogP contribution in [-0.2, 0) is 9.59 Å². The van der Waals surface area contributed by atoms with E-state index in [2.05, 4.69) is 10.3 Å². The monoisotopic (exact) mass is 318 g/mol. The average molecular weight is 318 g/mol. The highest BCUT2D eigenvalue weighted by Gasteiger charge is 2.15. The normalized spacial score (nSPS) is 11.9. The van der Waals surface area contributed by atoms with Crippen molar-refractivity contribution in [2.75, 3.05) is 5.32 Å². The Morgan fingerprint density at radius 1 is 1.27 bits per heavy atom. The summed E-state index contributed by atoms with van der Waals surface area (Å²) in [5.74, 6) is -1.30. The first kappa shape index (κ1) is 16.2. The molecule has 0 saturated heterocycles. The molecule has 0 aliphatic rings. The Bertz CT molecular complexity index is 667. The van der Waals surface area contributed by atoms with Crippen LogP contribution in [0.25, 0.3) is 11.3 Å². The number of aryl methyl sites for hydroxylation is 1. The van der Waals surface area contributed by atoms with E-state index in [0.29, 0.717) is 5.13 Å². The SMILES string of the molecule is Cc1sc(NC(=O)CC(C)CC(=O)O)nc1-c1ccccc1. The van der Waals surface area contributed by atoms with E-state index in [9.17, 15) is 9.59 Å². The molecule has 2 N–H and O–H groups in total. The lowest BCUT2D eigenvalue weighted by molar-refractivity contribution is -0.138. The highest BCUT2D eigenvalue weighted by molar-refractivity contribution is 7.16. The summed E-state index contributed by atoms with van der Waals surface area (Å²) >= 11 is 1.42. The first-order valence-corrected chi connectivity index (χ1v) is 7.82. The second-order valence-corrected chi connectivity index (χ2v) is 6.45. The zero-order chi connectivity index (χ0) is 16.1. The van der Waals surface area contributed by atoms with Crippen LogP contribution < -0.4 is 5.32 Å². The van der Waals surface area contributed by atoms with E-state index in [1.165, 1.54) is 11.3 Å². The molecule has 0 spiro atoms. The van der Waals surface area contributed by atoms with Gasteiger partial charge >= 0.3 is 5.97 Å². The number of nitrogens with one attached hydrogen (secondary N) is 1. The number of carboxylic acid groups (broad SMARTS) is 1. The zero-order valence-electron chi connectivity index (χ0n) is 12.5. The van der Waals surface area contributed by atoms with E-state index in [4.69, 9.17) is 5.11 Å². The number of amides is 1. The largest absolute Gasteiger partial charge is 0.481 e. The molecule has 1 unspecified atom stereocenters. The number of carboxylic acids is 1. The molecule has 6 heteroatoms. The number of benzene rings is 1. The van der Waals surface area contributed by atoms with Gasteiger partial charge in [0, 0.05) is 23.3 Å². The molecule has 0 saturated carbocycles. The highest BCUT2D eigenvalue weighted by Crippen LogP contribution is 2.30. The van der Waals surface area contributed by atoms with Gasteiger partial charge in [0.25, 0.3) is 0 Å². The number of hydrogen-bond acceptors (Lipinski definition) is 4.